The van der Waals surface area contributed by atoms with E-state index in [1.165, 1.54) is 0 Å². The molecule has 1 amide bonds. The molecule has 0 spiro atoms. The number of carbonyl (C=O) groups is 1. The van der Waals surface area contributed by atoms with E-state index in [-0.39, 0.29) is 19.2 Å². The zero-order valence-corrected chi connectivity index (χ0v) is 9.43. The number of halogens is 1. The third-order valence-electron chi connectivity index (χ3n) is 2.07. The molecule has 1 aliphatic heterocycles. The van der Waals surface area contributed by atoms with Gasteiger partial charge in [0.1, 0.15) is 0 Å². The molecule has 0 bridgehead atoms. The Bertz CT molecular complexity index is 423. The van der Waals surface area contributed by atoms with Gasteiger partial charge in [-0.3, -0.25) is 4.79 Å². The van der Waals surface area contributed by atoms with Gasteiger partial charge >= 0.3 is 0 Å². The van der Waals surface area contributed by atoms with Crippen LogP contribution in [-0.2, 0) is 4.79 Å². The number of hydrogen-bond acceptors (Lipinski definition) is 4. The smallest absolute Gasteiger partial charge is 0.238 e. The van der Waals surface area contributed by atoms with Crippen LogP contribution in [0, 0.1) is 0 Å². The highest BCUT2D eigenvalue weighted by atomic mass is 35.5. The molecule has 0 aliphatic carbocycles. The summed E-state index contributed by atoms with van der Waals surface area (Å²) in [5.74, 6) is 1.02. The summed E-state index contributed by atoms with van der Waals surface area (Å²) in [5.41, 5.74) is 0.520. The molecule has 0 atom stereocenters. The van der Waals surface area contributed by atoms with E-state index in [9.17, 15) is 4.79 Å². The fourth-order valence-electron chi connectivity index (χ4n) is 1.37. The number of rotatable bonds is 3. The Morgan fingerprint density at radius 2 is 2.12 bits per heavy atom. The van der Waals surface area contributed by atoms with Crippen LogP contribution in [-0.4, -0.2) is 26.3 Å². The summed E-state index contributed by atoms with van der Waals surface area (Å²) in [6.07, 6.45) is 0. The summed E-state index contributed by atoms with van der Waals surface area (Å²) < 4.78 is 10.3. The van der Waals surface area contributed by atoms with Crippen LogP contribution in [0.2, 0.25) is 5.02 Å². The van der Waals surface area contributed by atoms with Gasteiger partial charge in [-0.25, -0.2) is 0 Å². The normalized spacial score (nSPS) is 12.6. The van der Waals surface area contributed by atoms with E-state index >= 15 is 0 Å². The van der Waals surface area contributed by atoms with Crippen LogP contribution < -0.4 is 20.1 Å². The minimum absolute atomic E-state index is 0.164. The number of ether oxygens (including phenoxy) is 2. The van der Waals surface area contributed by atoms with Crippen molar-refractivity contribution in [3.05, 3.63) is 17.2 Å². The first-order valence-corrected chi connectivity index (χ1v) is 5.12. The number of hydrogen-bond donors (Lipinski definition) is 2. The minimum Gasteiger partial charge on any atom is -0.454 e. The second kappa shape index (κ2) is 4.59. The Morgan fingerprint density at radius 3 is 2.81 bits per heavy atom. The first kappa shape index (κ1) is 11.0. The maximum absolute atomic E-state index is 11.4. The van der Waals surface area contributed by atoms with Gasteiger partial charge in [0.05, 0.1) is 17.3 Å². The van der Waals surface area contributed by atoms with Gasteiger partial charge in [0, 0.05) is 12.1 Å². The predicted octanol–water partition coefficient (Wildman–Crippen LogP) is 1.23. The molecule has 1 aromatic rings. The Kier molecular flexibility index (Phi) is 3.17. The number of likely N-dealkylation sites (N-methyl/N-ethyl adjacent to an activating group) is 1. The molecule has 0 saturated carbocycles. The summed E-state index contributed by atoms with van der Waals surface area (Å²) >= 11 is 5.98. The molecule has 16 heavy (non-hydrogen) atoms. The lowest BCUT2D eigenvalue weighted by Gasteiger charge is -2.07. The molecule has 2 N–H and O–H groups in total. The molecule has 0 aromatic heterocycles. The van der Waals surface area contributed by atoms with Gasteiger partial charge in [-0.05, 0) is 7.05 Å². The molecule has 6 heteroatoms. The molecular formula is C10H11ClN2O3. The van der Waals surface area contributed by atoms with Gasteiger partial charge in [0.15, 0.2) is 11.5 Å². The third kappa shape index (κ3) is 2.20. The molecule has 0 unspecified atom stereocenters. The second-order valence-corrected chi connectivity index (χ2v) is 3.67. The van der Waals surface area contributed by atoms with Gasteiger partial charge < -0.3 is 20.1 Å². The standard InChI is InChI=1S/C10H11ClN2O3/c1-12-4-10(14)13-7-3-9-8(2-6(7)11)15-5-16-9/h2-3,12H,4-5H2,1H3,(H,13,14). The van der Waals surface area contributed by atoms with Crippen LogP contribution in [0.1, 0.15) is 0 Å². The molecule has 0 radical (unpaired) electrons. The fourth-order valence-corrected chi connectivity index (χ4v) is 1.57. The SMILES string of the molecule is CNCC(=O)Nc1cc2c(cc1Cl)OCO2. The van der Waals surface area contributed by atoms with Gasteiger partial charge in [0.25, 0.3) is 0 Å². The molecule has 86 valence electrons. The summed E-state index contributed by atoms with van der Waals surface area (Å²) in [6.45, 7) is 0.407. The zero-order chi connectivity index (χ0) is 11.5. The highest BCUT2D eigenvalue weighted by molar-refractivity contribution is 6.34. The lowest BCUT2D eigenvalue weighted by Crippen LogP contribution is -2.25. The molecule has 0 saturated heterocycles. The third-order valence-corrected chi connectivity index (χ3v) is 2.39. The van der Waals surface area contributed by atoms with Gasteiger partial charge in [0.2, 0.25) is 12.7 Å². The zero-order valence-electron chi connectivity index (χ0n) is 8.67. The first-order chi connectivity index (χ1) is 7.70. The summed E-state index contributed by atoms with van der Waals surface area (Å²) in [6, 6.07) is 3.27. The molecule has 5 nitrogen and oxygen atoms in total. The number of benzene rings is 1. The molecular weight excluding hydrogens is 232 g/mol. The van der Waals surface area contributed by atoms with E-state index in [0.29, 0.717) is 22.2 Å². The first-order valence-electron chi connectivity index (χ1n) is 4.74. The summed E-state index contributed by atoms with van der Waals surface area (Å²) in [5, 5.41) is 5.85. The Balaban J connectivity index is 2.18. The van der Waals surface area contributed by atoms with Crippen molar-refractivity contribution in [2.24, 2.45) is 0 Å². The largest absolute Gasteiger partial charge is 0.454 e. The number of fused-ring (bicyclic) bond motifs is 1. The van der Waals surface area contributed by atoms with Crippen LogP contribution in [0.4, 0.5) is 5.69 Å². The molecule has 1 aromatic carbocycles. The summed E-state index contributed by atoms with van der Waals surface area (Å²) in [4.78, 5) is 11.4. The topological polar surface area (TPSA) is 59.6 Å². The number of nitrogens with one attached hydrogen (secondary N) is 2. The lowest BCUT2D eigenvalue weighted by molar-refractivity contribution is -0.115. The van der Waals surface area contributed by atoms with Crippen molar-refractivity contribution in [2.45, 2.75) is 0 Å². The highest BCUT2D eigenvalue weighted by Crippen LogP contribution is 2.39. The van der Waals surface area contributed by atoms with E-state index < -0.39 is 0 Å². The van der Waals surface area contributed by atoms with Crippen molar-refractivity contribution in [1.29, 1.82) is 0 Å². The monoisotopic (exact) mass is 242 g/mol. The van der Waals surface area contributed by atoms with Crippen LogP contribution >= 0.6 is 11.6 Å². The predicted molar refractivity (Wildman–Crippen MR) is 60.1 cm³/mol. The summed E-state index contributed by atoms with van der Waals surface area (Å²) in [7, 11) is 1.70. The molecule has 1 aliphatic rings. The average Bonchev–Trinajstić information content (AvgIpc) is 2.65. The van der Waals surface area contributed by atoms with Crippen LogP contribution in [0.15, 0.2) is 12.1 Å². The average molecular weight is 243 g/mol. The fraction of sp³-hybridized carbons (Fsp3) is 0.300. The quantitative estimate of drug-likeness (QED) is 0.837. The van der Waals surface area contributed by atoms with Gasteiger partial charge in [-0.15, -0.1) is 0 Å². The molecule has 1 heterocycles. The molecule has 2 rings (SSSR count). The van der Waals surface area contributed by atoms with E-state index in [2.05, 4.69) is 10.6 Å². The van der Waals surface area contributed by atoms with Crippen molar-refractivity contribution >= 4 is 23.2 Å². The Hall–Kier alpha value is -1.46. The Labute approximate surface area is 97.7 Å². The van der Waals surface area contributed by atoms with Crippen molar-refractivity contribution in [3.8, 4) is 11.5 Å². The number of anilines is 1. The van der Waals surface area contributed by atoms with Crippen molar-refractivity contribution < 1.29 is 14.3 Å². The van der Waals surface area contributed by atoms with Crippen molar-refractivity contribution in [2.75, 3.05) is 25.7 Å². The van der Waals surface area contributed by atoms with Crippen LogP contribution in [0.25, 0.3) is 0 Å². The van der Waals surface area contributed by atoms with E-state index in [4.69, 9.17) is 21.1 Å². The minimum atomic E-state index is -0.164. The van der Waals surface area contributed by atoms with Crippen LogP contribution in [0.3, 0.4) is 0 Å². The lowest BCUT2D eigenvalue weighted by atomic mass is 10.2. The van der Waals surface area contributed by atoms with Crippen molar-refractivity contribution in [3.63, 3.8) is 0 Å². The second-order valence-electron chi connectivity index (χ2n) is 3.26. The number of carbonyl (C=O) groups excluding carboxylic acids is 1. The van der Waals surface area contributed by atoms with E-state index in [1.807, 2.05) is 0 Å². The van der Waals surface area contributed by atoms with Gasteiger partial charge in [-0.2, -0.15) is 0 Å². The maximum Gasteiger partial charge on any atom is 0.238 e. The van der Waals surface area contributed by atoms with E-state index in [0.717, 1.165) is 0 Å². The van der Waals surface area contributed by atoms with Crippen molar-refractivity contribution in [1.82, 2.24) is 5.32 Å². The molecule has 0 fully saturated rings. The Morgan fingerprint density at radius 1 is 1.44 bits per heavy atom. The number of amides is 1. The maximum atomic E-state index is 11.4. The van der Waals surface area contributed by atoms with Gasteiger partial charge in [-0.1, -0.05) is 11.6 Å². The highest BCUT2D eigenvalue weighted by Gasteiger charge is 2.17. The van der Waals surface area contributed by atoms with E-state index in [1.54, 1.807) is 19.2 Å². The van der Waals surface area contributed by atoms with Crippen LogP contribution in [0.5, 0.6) is 11.5 Å².